The van der Waals surface area contributed by atoms with Crippen LogP contribution in [0.1, 0.15) is 18.9 Å². The molecule has 0 spiro atoms. The maximum atomic E-state index is 12.2. The Bertz CT molecular complexity index is 1020. The Morgan fingerprint density at radius 2 is 2.00 bits per heavy atom. The molecular weight excluding hydrogens is 342 g/mol. The molecule has 3 rings (SSSR count). The van der Waals surface area contributed by atoms with Crippen LogP contribution in [0.4, 0.5) is 5.69 Å². The summed E-state index contributed by atoms with van der Waals surface area (Å²) in [6.45, 7) is 2.00. The van der Waals surface area contributed by atoms with Crippen molar-refractivity contribution in [2.75, 3.05) is 5.32 Å². The summed E-state index contributed by atoms with van der Waals surface area (Å²) in [6, 6.07) is 18.5. The molecule has 0 aliphatic rings. The number of nitrogens with zero attached hydrogens (tertiary/aromatic N) is 2. The molecule has 1 aromatic heterocycles. The van der Waals surface area contributed by atoms with E-state index in [-0.39, 0.29) is 6.42 Å². The van der Waals surface area contributed by atoms with E-state index >= 15 is 0 Å². The molecule has 0 radical (unpaired) electrons. The number of nitrogens with one attached hydrogen (secondary N) is 1. The molecule has 2 aromatic carbocycles. The van der Waals surface area contributed by atoms with Crippen LogP contribution in [0, 0.1) is 11.3 Å². The molecule has 0 saturated heterocycles. The van der Waals surface area contributed by atoms with Crippen LogP contribution in [-0.2, 0) is 20.9 Å². The zero-order valence-electron chi connectivity index (χ0n) is 14.9. The van der Waals surface area contributed by atoms with Gasteiger partial charge in [0, 0.05) is 23.9 Å². The number of ether oxygens (including phenoxy) is 1. The van der Waals surface area contributed by atoms with Crippen molar-refractivity contribution in [2.45, 2.75) is 26.0 Å². The lowest BCUT2D eigenvalue weighted by Crippen LogP contribution is -2.30. The summed E-state index contributed by atoms with van der Waals surface area (Å²) in [5.74, 6) is -0.883. The van der Waals surface area contributed by atoms with Gasteiger partial charge in [-0.15, -0.1) is 0 Å². The topological polar surface area (TPSA) is 84.1 Å². The average molecular weight is 361 g/mol. The lowest BCUT2D eigenvalue weighted by Gasteiger charge is -2.14. The van der Waals surface area contributed by atoms with Crippen LogP contribution in [0.2, 0.25) is 0 Å². The number of nitriles is 1. The van der Waals surface area contributed by atoms with Crippen LogP contribution in [0.5, 0.6) is 0 Å². The second-order valence-corrected chi connectivity index (χ2v) is 6.13. The van der Waals surface area contributed by atoms with Crippen LogP contribution in [0.15, 0.2) is 60.8 Å². The van der Waals surface area contributed by atoms with Gasteiger partial charge in [-0.25, -0.2) is 0 Å². The quantitative estimate of drug-likeness (QED) is 0.681. The normalized spacial score (nSPS) is 11.6. The summed E-state index contributed by atoms with van der Waals surface area (Å²) in [5, 5.41) is 12.6. The number of amides is 1. The van der Waals surface area contributed by atoms with Crippen molar-refractivity contribution >= 4 is 28.5 Å². The summed E-state index contributed by atoms with van der Waals surface area (Å²) in [5.41, 5.74) is 1.98. The van der Waals surface area contributed by atoms with Gasteiger partial charge in [0.2, 0.25) is 0 Å². The Labute approximate surface area is 157 Å². The molecule has 0 aliphatic carbocycles. The third kappa shape index (κ3) is 4.53. The molecule has 6 nitrogen and oxygen atoms in total. The number of anilines is 1. The van der Waals surface area contributed by atoms with Gasteiger partial charge in [0.1, 0.15) is 0 Å². The van der Waals surface area contributed by atoms with Crippen LogP contribution < -0.4 is 5.32 Å². The SMILES string of the molecule is CC(OC(=O)CCn1ccc2ccccc21)C(=O)Nc1cccc(C#N)c1. The zero-order chi connectivity index (χ0) is 19.2. The van der Waals surface area contributed by atoms with Crippen molar-refractivity contribution in [3.05, 3.63) is 66.4 Å². The number of esters is 1. The van der Waals surface area contributed by atoms with Crippen molar-refractivity contribution < 1.29 is 14.3 Å². The van der Waals surface area contributed by atoms with Gasteiger partial charge >= 0.3 is 5.97 Å². The van der Waals surface area contributed by atoms with Gasteiger partial charge < -0.3 is 14.6 Å². The van der Waals surface area contributed by atoms with Gasteiger partial charge in [-0.2, -0.15) is 5.26 Å². The van der Waals surface area contributed by atoms with E-state index in [1.54, 1.807) is 24.3 Å². The predicted molar refractivity (Wildman–Crippen MR) is 102 cm³/mol. The molecule has 0 aliphatic heterocycles. The maximum Gasteiger partial charge on any atom is 0.308 e. The fourth-order valence-corrected chi connectivity index (χ4v) is 2.77. The van der Waals surface area contributed by atoms with Crippen molar-refractivity contribution in [2.24, 2.45) is 0 Å². The first kappa shape index (κ1) is 18.2. The van der Waals surface area contributed by atoms with Gasteiger partial charge in [-0.05, 0) is 42.6 Å². The fraction of sp³-hybridized carbons (Fsp3) is 0.190. The van der Waals surface area contributed by atoms with E-state index in [1.165, 1.54) is 6.92 Å². The first-order valence-corrected chi connectivity index (χ1v) is 8.61. The number of hydrogen-bond donors (Lipinski definition) is 1. The molecule has 6 heteroatoms. The minimum atomic E-state index is -0.926. The molecule has 27 heavy (non-hydrogen) atoms. The number of hydrogen-bond acceptors (Lipinski definition) is 4. The zero-order valence-corrected chi connectivity index (χ0v) is 14.9. The maximum absolute atomic E-state index is 12.2. The number of benzene rings is 2. The lowest BCUT2D eigenvalue weighted by molar-refractivity contribution is -0.153. The van der Waals surface area contributed by atoms with Gasteiger partial charge in [-0.3, -0.25) is 9.59 Å². The van der Waals surface area contributed by atoms with Crippen molar-refractivity contribution in [1.82, 2.24) is 4.57 Å². The number of carbonyl (C=O) groups is 2. The molecule has 0 bridgehead atoms. The minimum absolute atomic E-state index is 0.167. The van der Waals surface area contributed by atoms with E-state index in [0.717, 1.165) is 10.9 Å². The minimum Gasteiger partial charge on any atom is -0.452 e. The summed E-state index contributed by atoms with van der Waals surface area (Å²) in [6.07, 6.45) is 1.17. The molecule has 1 heterocycles. The highest BCUT2D eigenvalue weighted by Crippen LogP contribution is 2.16. The van der Waals surface area contributed by atoms with Gasteiger partial charge in [0.05, 0.1) is 18.1 Å². The predicted octanol–water partition coefficient (Wildman–Crippen LogP) is 3.47. The average Bonchev–Trinajstić information content (AvgIpc) is 3.09. The number of fused-ring (bicyclic) bond motifs is 1. The summed E-state index contributed by atoms with van der Waals surface area (Å²) >= 11 is 0. The molecular formula is C21H19N3O3. The number of rotatable bonds is 6. The highest BCUT2D eigenvalue weighted by molar-refractivity contribution is 5.95. The van der Waals surface area contributed by atoms with E-state index in [4.69, 9.17) is 10.00 Å². The molecule has 1 amide bonds. The number of aryl methyl sites for hydroxylation is 1. The second-order valence-electron chi connectivity index (χ2n) is 6.13. The van der Waals surface area contributed by atoms with Crippen LogP contribution in [-0.4, -0.2) is 22.5 Å². The van der Waals surface area contributed by atoms with Crippen LogP contribution in [0.3, 0.4) is 0 Å². The van der Waals surface area contributed by atoms with E-state index in [1.807, 2.05) is 47.2 Å². The molecule has 0 fully saturated rings. The standard InChI is InChI=1S/C21H19N3O3/c1-15(21(26)23-18-7-4-5-16(13-18)14-22)27-20(25)10-12-24-11-9-17-6-2-3-8-19(17)24/h2-9,11,13,15H,10,12H2,1H3,(H,23,26). The summed E-state index contributed by atoms with van der Waals surface area (Å²) < 4.78 is 7.20. The first-order chi connectivity index (χ1) is 13.1. The van der Waals surface area contributed by atoms with Crippen LogP contribution in [0.25, 0.3) is 10.9 Å². The fourth-order valence-electron chi connectivity index (χ4n) is 2.77. The summed E-state index contributed by atoms with van der Waals surface area (Å²) in [7, 11) is 0. The van der Waals surface area contributed by atoms with E-state index in [0.29, 0.717) is 17.8 Å². The molecule has 1 N–H and O–H groups in total. The largest absolute Gasteiger partial charge is 0.452 e. The van der Waals surface area contributed by atoms with Gasteiger partial charge in [0.25, 0.3) is 5.91 Å². The number of aromatic nitrogens is 1. The Balaban J connectivity index is 1.52. The van der Waals surface area contributed by atoms with Gasteiger partial charge in [0.15, 0.2) is 6.10 Å². The third-order valence-corrected chi connectivity index (χ3v) is 4.17. The number of para-hydroxylation sites is 1. The van der Waals surface area contributed by atoms with Crippen LogP contribution >= 0.6 is 0 Å². The second kappa shape index (κ2) is 8.19. The Morgan fingerprint density at radius 3 is 2.81 bits per heavy atom. The molecule has 3 aromatic rings. The highest BCUT2D eigenvalue weighted by atomic mass is 16.5. The first-order valence-electron chi connectivity index (χ1n) is 8.61. The van der Waals surface area contributed by atoms with Gasteiger partial charge in [-0.1, -0.05) is 24.3 Å². The Morgan fingerprint density at radius 1 is 1.19 bits per heavy atom. The summed E-state index contributed by atoms with van der Waals surface area (Å²) in [4.78, 5) is 24.3. The molecule has 136 valence electrons. The smallest absolute Gasteiger partial charge is 0.308 e. The Kier molecular flexibility index (Phi) is 5.53. The molecule has 0 saturated carbocycles. The molecule has 1 atom stereocenters. The van der Waals surface area contributed by atoms with E-state index in [2.05, 4.69) is 5.32 Å². The monoisotopic (exact) mass is 361 g/mol. The Hall–Kier alpha value is -3.59. The lowest BCUT2D eigenvalue weighted by atomic mass is 10.2. The van der Waals surface area contributed by atoms with E-state index < -0.39 is 18.0 Å². The number of carbonyl (C=O) groups excluding carboxylic acids is 2. The van der Waals surface area contributed by atoms with Crippen molar-refractivity contribution in [3.63, 3.8) is 0 Å². The van der Waals surface area contributed by atoms with E-state index in [9.17, 15) is 9.59 Å². The highest BCUT2D eigenvalue weighted by Gasteiger charge is 2.18. The van der Waals surface area contributed by atoms with Crippen molar-refractivity contribution in [3.8, 4) is 6.07 Å². The van der Waals surface area contributed by atoms with Crippen molar-refractivity contribution in [1.29, 1.82) is 5.26 Å². The third-order valence-electron chi connectivity index (χ3n) is 4.17. The molecule has 1 unspecified atom stereocenters.